The van der Waals surface area contributed by atoms with E-state index >= 15 is 0 Å². The summed E-state index contributed by atoms with van der Waals surface area (Å²) in [5, 5.41) is 10.4. The second-order valence-electron chi connectivity index (χ2n) is 3.09. The van der Waals surface area contributed by atoms with Crippen molar-refractivity contribution in [3.8, 4) is 0 Å². The molecule has 0 unspecified atom stereocenters. The Morgan fingerprint density at radius 1 is 1.40 bits per heavy atom. The number of ether oxygens (including phenoxy) is 1. The maximum Gasteiger partial charge on any atom is 0.312 e. The van der Waals surface area contributed by atoms with E-state index in [0.717, 1.165) is 0 Å². The van der Waals surface area contributed by atoms with E-state index in [9.17, 15) is 14.9 Å². The fourth-order valence-electron chi connectivity index (χ4n) is 1.20. The van der Waals surface area contributed by atoms with Crippen molar-refractivity contribution in [1.29, 1.82) is 0 Å². The lowest BCUT2D eigenvalue weighted by Gasteiger charge is -2.08. The van der Waals surface area contributed by atoms with Crippen LogP contribution in [0.2, 0.25) is 0 Å². The Kier molecular flexibility index (Phi) is 3.38. The third kappa shape index (κ3) is 2.52. The molecule has 0 fully saturated rings. The summed E-state index contributed by atoms with van der Waals surface area (Å²) in [5.74, 6) is -0.764. The van der Waals surface area contributed by atoms with Crippen LogP contribution < -0.4 is 0 Å². The molecular weight excluding hydrogens is 198 g/mol. The molecule has 0 aliphatic carbocycles. The summed E-state index contributed by atoms with van der Waals surface area (Å²) in [7, 11) is 1.31. The molecule has 1 aromatic rings. The van der Waals surface area contributed by atoms with Gasteiger partial charge in [-0.25, -0.2) is 0 Å². The number of carbonyl (C=O) groups excluding carboxylic acids is 1. The van der Waals surface area contributed by atoms with Crippen molar-refractivity contribution in [1.82, 2.24) is 0 Å². The van der Waals surface area contributed by atoms with E-state index in [2.05, 4.69) is 4.74 Å². The second-order valence-corrected chi connectivity index (χ2v) is 3.09. The van der Waals surface area contributed by atoms with Crippen LogP contribution in [0.3, 0.4) is 0 Å². The minimum atomic E-state index is -0.480. The Morgan fingerprint density at radius 2 is 1.93 bits per heavy atom. The predicted molar refractivity (Wildman–Crippen MR) is 53.5 cm³/mol. The Hall–Kier alpha value is -1.91. The van der Waals surface area contributed by atoms with Gasteiger partial charge in [-0.2, -0.15) is 0 Å². The second kappa shape index (κ2) is 4.54. The normalized spacial score (nSPS) is 11.9. The van der Waals surface area contributed by atoms with Crippen LogP contribution in [-0.4, -0.2) is 18.0 Å². The average Bonchev–Trinajstić information content (AvgIpc) is 2.27. The van der Waals surface area contributed by atoms with E-state index in [0.29, 0.717) is 5.56 Å². The van der Waals surface area contributed by atoms with E-state index in [1.165, 1.54) is 19.2 Å². The molecule has 5 heteroatoms. The SMILES string of the molecule is COC(=O)[C@H](C)c1ccc([N+](=O)[O-])cc1. The molecule has 80 valence electrons. The third-order valence-corrected chi connectivity index (χ3v) is 2.16. The monoisotopic (exact) mass is 209 g/mol. The highest BCUT2D eigenvalue weighted by atomic mass is 16.6. The first-order valence-corrected chi connectivity index (χ1v) is 4.38. The molecule has 0 aromatic heterocycles. The van der Waals surface area contributed by atoms with E-state index < -0.39 is 10.8 Å². The zero-order valence-electron chi connectivity index (χ0n) is 8.47. The number of benzene rings is 1. The Morgan fingerprint density at radius 3 is 2.33 bits per heavy atom. The molecular formula is C10H11NO4. The fraction of sp³-hybridized carbons (Fsp3) is 0.300. The van der Waals surface area contributed by atoms with E-state index in [1.807, 2.05) is 0 Å². The highest BCUT2D eigenvalue weighted by Gasteiger charge is 2.16. The predicted octanol–water partition coefficient (Wildman–Crippen LogP) is 1.87. The summed E-state index contributed by atoms with van der Waals surface area (Å²) >= 11 is 0. The number of esters is 1. The molecule has 0 aliphatic heterocycles. The van der Waals surface area contributed by atoms with Gasteiger partial charge in [-0.3, -0.25) is 14.9 Å². The zero-order valence-corrected chi connectivity index (χ0v) is 8.47. The van der Waals surface area contributed by atoms with Crippen LogP contribution >= 0.6 is 0 Å². The van der Waals surface area contributed by atoms with Crippen LogP contribution in [-0.2, 0) is 9.53 Å². The number of nitrogens with zero attached hydrogens (tertiary/aromatic N) is 1. The number of carbonyl (C=O) groups is 1. The first kappa shape index (κ1) is 11.2. The van der Waals surface area contributed by atoms with Gasteiger partial charge in [0.05, 0.1) is 18.0 Å². The molecule has 0 aliphatic rings. The lowest BCUT2D eigenvalue weighted by Crippen LogP contribution is -2.10. The smallest absolute Gasteiger partial charge is 0.312 e. The molecule has 1 atom stereocenters. The standard InChI is InChI=1S/C10H11NO4/c1-7(10(12)15-2)8-3-5-9(6-4-8)11(13)14/h3-7H,1-2H3/t7-/m1/s1. The molecule has 0 radical (unpaired) electrons. The molecule has 0 N–H and O–H groups in total. The minimum absolute atomic E-state index is 0.0100. The average molecular weight is 209 g/mol. The van der Waals surface area contributed by atoms with Crippen LogP contribution in [0, 0.1) is 10.1 Å². The Bertz CT molecular complexity index is 372. The molecule has 1 aromatic carbocycles. The lowest BCUT2D eigenvalue weighted by atomic mass is 10.0. The first-order chi connectivity index (χ1) is 7.06. The highest BCUT2D eigenvalue weighted by Crippen LogP contribution is 2.19. The van der Waals surface area contributed by atoms with Gasteiger partial charge < -0.3 is 4.74 Å². The van der Waals surface area contributed by atoms with Gasteiger partial charge in [-0.15, -0.1) is 0 Å². The molecule has 0 heterocycles. The van der Waals surface area contributed by atoms with Crippen LogP contribution in [0.1, 0.15) is 18.4 Å². The van der Waals surface area contributed by atoms with Crippen LogP contribution in [0.25, 0.3) is 0 Å². The maximum atomic E-state index is 11.2. The van der Waals surface area contributed by atoms with Gasteiger partial charge in [0.1, 0.15) is 0 Å². The fourth-order valence-corrected chi connectivity index (χ4v) is 1.20. The van der Waals surface area contributed by atoms with Crippen LogP contribution in [0.15, 0.2) is 24.3 Å². The van der Waals surface area contributed by atoms with Crippen molar-refractivity contribution >= 4 is 11.7 Å². The summed E-state index contributed by atoms with van der Waals surface area (Å²) in [6.07, 6.45) is 0. The lowest BCUT2D eigenvalue weighted by molar-refractivity contribution is -0.384. The van der Waals surface area contributed by atoms with Gasteiger partial charge in [-0.05, 0) is 12.5 Å². The van der Waals surface area contributed by atoms with E-state index in [1.54, 1.807) is 19.1 Å². The van der Waals surface area contributed by atoms with Gasteiger partial charge in [0.25, 0.3) is 5.69 Å². The highest BCUT2D eigenvalue weighted by molar-refractivity contribution is 5.77. The molecule has 0 amide bonds. The molecule has 5 nitrogen and oxygen atoms in total. The van der Waals surface area contributed by atoms with Crippen molar-refractivity contribution in [2.45, 2.75) is 12.8 Å². The summed E-state index contributed by atoms with van der Waals surface area (Å²) < 4.78 is 4.57. The van der Waals surface area contributed by atoms with E-state index in [-0.39, 0.29) is 11.7 Å². The zero-order chi connectivity index (χ0) is 11.4. The summed E-state index contributed by atoms with van der Waals surface area (Å²) in [4.78, 5) is 21.1. The molecule has 0 saturated carbocycles. The summed E-state index contributed by atoms with van der Waals surface area (Å²) in [6, 6.07) is 5.85. The molecule has 0 bridgehead atoms. The van der Waals surface area contributed by atoms with Crippen LogP contribution in [0.5, 0.6) is 0 Å². The quantitative estimate of drug-likeness (QED) is 0.433. The van der Waals surface area contributed by atoms with Crippen molar-refractivity contribution in [2.75, 3.05) is 7.11 Å². The molecule has 0 spiro atoms. The molecule has 0 saturated heterocycles. The van der Waals surface area contributed by atoms with Gasteiger partial charge in [-0.1, -0.05) is 12.1 Å². The van der Waals surface area contributed by atoms with Gasteiger partial charge in [0, 0.05) is 12.1 Å². The van der Waals surface area contributed by atoms with Gasteiger partial charge in [0.15, 0.2) is 0 Å². The van der Waals surface area contributed by atoms with Crippen LogP contribution in [0.4, 0.5) is 5.69 Å². The number of nitro benzene ring substituents is 1. The number of hydrogen-bond acceptors (Lipinski definition) is 4. The van der Waals surface area contributed by atoms with Crippen molar-refractivity contribution in [2.24, 2.45) is 0 Å². The number of rotatable bonds is 3. The minimum Gasteiger partial charge on any atom is -0.469 e. The van der Waals surface area contributed by atoms with Crippen molar-refractivity contribution < 1.29 is 14.5 Å². The largest absolute Gasteiger partial charge is 0.469 e. The number of non-ortho nitro benzene ring substituents is 1. The first-order valence-electron chi connectivity index (χ1n) is 4.38. The topological polar surface area (TPSA) is 69.4 Å². The number of methoxy groups -OCH3 is 1. The Balaban J connectivity index is 2.89. The molecule has 15 heavy (non-hydrogen) atoms. The third-order valence-electron chi connectivity index (χ3n) is 2.16. The summed E-state index contributed by atoms with van der Waals surface area (Å²) in [6.45, 7) is 1.69. The number of hydrogen-bond donors (Lipinski definition) is 0. The van der Waals surface area contributed by atoms with Gasteiger partial charge in [0.2, 0.25) is 0 Å². The Labute approximate surface area is 86.8 Å². The molecule has 1 rings (SSSR count). The van der Waals surface area contributed by atoms with Gasteiger partial charge >= 0.3 is 5.97 Å². The van der Waals surface area contributed by atoms with E-state index in [4.69, 9.17) is 0 Å². The summed E-state index contributed by atoms with van der Waals surface area (Å²) in [5.41, 5.74) is 0.711. The van der Waals surface area contributed by atoms with Crippen molar-refractivity contribution in [3.05, 3.63) is 39.9 Å². The van der Waals surface area contributed by atoms with Crippen molar-refractivity contribution in [3.63, 3.8) is 0 Å². The number of nitro groups is 1. The maximum absolute atomic E-state index is 11.2.